The van der Waals surface area contributed by atoms with Gasteiger partial charge in [0.05, 0.1) is 12.5 Å². The third kappa shape index (κ3) is 3.52. The summed E-state index contributed by atoms with van der Waals surface area (Å²) in [4.78, 5) is 12.7. The number of rotatable bonds is 6. The van der Waals surface area contributed by atoms with Crippen LogP contribution in [-0.2, 0) is 22.5 Å². The van der Waals surface area contributed by atoms with E-state index < -0.39 is 5.97 Å². The summed E-state index contributed by atoms with van der Waals surface area (Å²) in [6.45, 7) is 0.825. The van der Waals surface area contributed by atoms with Crippen LogP contribution in [0.25, 0.3) is 0 Å². The Labute approximate surface area is 105 Å². The number of aliphatic carboxylic acids is 1. The summed E-state index contributed by atoms with van der Waals surface area (Å²) in [7, 11) is 1.75. The maximum absolute atomic E-state index is 10.5. The van der Waals surface area contributed by atoms with Crippen molar-refractivity contribution in [1.82, 2.24) is 5.32 Å². The Morgan fingerprint density at radius 3 is 2.88 bits per heavy atom. The molecule has 1 saturated carbocycles. The highest BCUT2D eigenvalue weighted by Crippen LogP contribution is 2.24. The highest BCUT2D eigenvalue weighted by molar-refractivity contribution is 7.12. The molecule has 0 aliphatic heterocycles. The van der Waals surface area contributed by atoms with E-state index in [4.69, 9.17) is 9.84 Å². The maximum Gasteiger partial charge on any atom is 0.308 e. The molecule has 1 aliphatic carbocycles. The van der Waals surface area contributed by atoms with Gasteiger partial charge in [-0.15, -0.1) is 11.3 Å². The fraction of sp³-hybridized carbons (Fsp3) is 0.583. The molecular formula is C12H17NO3S. The van der Waals surface area contributed by atoms with Crippen molar-refractivity contribution in [3.63, 3.8) is 0 Å². The Morgan fingerprint density at radius 2 is 2.24 bits per heavy atom. The molecular weight excluding hydrogens is 238 g/mol. The number of nitrogens with one attached hydrogen (secondary N) is 1. The van der Waals surface area contributed by atoms with Crippen LogP contribution in [0.5, 0.6) is 0 Å². The third-order valence-electron chi connectivity index (χ3n) is 3.04. The molecule has 1 aromatic rings. The molecule has 0 amide bonds. The van der Waals surface area contributed by atoms with Crippen LogP contribution in [0.3, 0.4) is 0 Å². The second-order valence-corrected chi connectivity index (χ2v) is 5.60. The number of hydrogen-bond acceptors (Lipinski definition) is 4. The molecule has 5 heteroatoms. The van der Waals surface area contributed by atoms with Crippen LogP contribution in [0, 0.1) is 0 Å². The molecule has 0 radical (unpaired) electrons. The predicted octanol–water partition coefficient (Wildman–Crippen LogP) is 1.64. The minimum Gasteiger partial charge on any atom is -0.481 e. The van der Waals surface area contributed by atoms with Gasteiger partial charge in [-0.25, -0.2) is 0 Å². The summed E-state index contributed by atoms with van der Waals surface area (Å²) < 4.78 is 5.21. The van der Waals surface area contributed by atoms with Crippen LogP contribution in [0.4, 0.5) is 0 Å². The molecule has 4 nitrogen and oxygen atoms in total. The fourth-order valence-corrected chi connectivity index (χ4v) is 2.89. The van der Waals surface area contributed by atoms with Crippen molar-refractivity contribution in [3.05, 3.63) is 21.9 Å². The van der Waals surface area contributed by atoms with E-state index in [2.05, 4.69) is 5.32 Å². The van der Waals surface area contributed by atoms with Crippen LogP contribution < -0.4 is 5.32 Å². The molecule has 1 fully saturated rings. The summed E-state index contributed by atoms with van der Waals surface area (Å²) >= 11 is 1.57. The summed E-state index contributed by atoms with van der Waals surface area (Å²) in [5.74, 6) is -0.770. The summed E-state index contributed by atoms with van der Waals surface area (Å²) in [5, 5.41) is 12.1. The van der Waals surface area contributed by atoms with E-state index in [1.807, 2.05) is 12.1 Å². The van der Waals surface area contributed by atoms with E-state index in [1.165, 1.54) is 4.88 Å². The van der Waals surface area contributed by atoms with Crippen molar-refractivity contribution in [2.24, 2.45) is 0 Å². The minimum atomic E-state index is -0.770. The zero-order valence-corrected chi connectivity index (χ0v) is 10.6. The second kappa shape index (κ2) is 5.62. The molecule has 0 saturated heterocycles. The molecule has 0 unspecified atom stereocenters. The lowest BCUT2D eigenvalue weighted by Crippen LogP contribution is -2.44. The van der Waals surface area contributed by atoms with Gasteiger partial charge >= 0.3 is 5.97 Å². The molecule has 17 heavy (non-hydrogen) atoms. The molecule has 1 aliphatic rings. The van der Waals surface area contributed by atoms with Crippen molar-refractivity contribution in [2.45, 2.75) is 38.0 Å². The van der Waals surface area contributed by atoms with E-state index in [-0.39, 0.29) is 6.42 Å². The van der Waals surface area contributed by atoms with Crippen molar-refractivity contribution in [2.75, 3.05) is 7.11 Å². The smallest absolute Gasteiger partial charge is 0.308 e. The lowest BCUT2D eigenvalue weighted by atomic mass is 9.89. The van der Waals surface area contributed by atoms with Crippen molar-refractivity contribution in [1.29, 1.82) is 0 Å². The molecule has 2 rings (SSSR count). The molecule has 0 bridgehead atoms. The van der Waals surface area contributed by atoms with Crippen LogP contribution >= 0.6 is 11.3 Å². The Hall–Kier alpha value is -0.910. The number of methoxy groups -OCH3 is 1. The number of carbonyl (C=O) groups is 1. The molecule has 0 atom stereocenters. The molecule has 2 N–H and O–H groups in total. The summed E-state index contributed by atoms with van der Waals surface area (Å²) in [6.07, 6.45) is 2.69. The normalized spacial score (nSPS) is 23.4. The lowest BCUT2D eigenvalue weighted by molar-refractivity contribution is -0.136. The van der Waals surface area contributed by atoms with E-state index in [0.717, 1.165) is 24.3 Å². The highest BCUT2D eigenvalue weighted by atomic mass is 32.1. The van der Waals surface area contributed by atoms with Crippen molar-refractivity contribution >= 4 is 17.3 Å². The summed E-state index contributed by atoms with van der Waals surface area (Å²) in [5.41, 5.74) is 0. The van der Waals surface area contributed by atoms with Crippen LogP contribution in [0.15, 0.2) is 12.1 Å². The van der Waals surface area contributed by atoms with Gasteiger partial charge in [0, 0.05) is 29.5 Å². The topological polar surface area (TPSA) is 58.6 Å². The highest BCUT2D eigenvalue weighted by Gasteiger charge is 2.28. The SMILES string of the molecule is COC1CC(NCc2ccc(CC(=O)O)s2)C1. The Bertz CT molecular complexity index is 385. The first-order valence-electron chi connectivity index (χ1n) is 5.73. The zero-order valence-electron chi connectivity index (χ0n) is 9.81. The monoisotopic (exact) mass is 255 g/mol. The predicted molar refractivity (Wildman–Crippen MR) is 66.3 cm³/mol. The maximum atomic E-state index is 10.5. The first-order valence-corrected chi connectivity index (χ1v) is 6.54. The van der Waals surface area contributed by atoms with Crippen LogP contribution in [-0.4, -0.2) is 30.3 Å². The number of ether oxygens (including phenoxy) is 1. The number of carboxylic acids is 1. The van der Waals surface area contributed by atoms with E-state index in [0.29, 0.717) is 12.1 Å². The minimum absolute atomic E-state index is 0.125. The van der Waals surface area contributed by atoms with Crippen molar-refractivity contribution < 1.29 is 14.6 Å². The number of hydrogen-bond donors (Lipinski definition) is 2. The van der Waals surface area contributed by atoms with Gasteiger partial charge in [0.15, 0.2) is 0 Å². The van der Waals surface area contributed by atoms with Gasteiger partial charge in [-0.05, 0) is 25.0 Å². The van der Waals surface area contributed by atoms with Gasteiger partial charge in [0.2, 0.25) is 0 Å². The quantitative estimate of drug-likeness (QED) is 0.811. The fourth-order valence-electron chi connectivity index (χ4n) is 1.93. The third-order valence-corrected chi connectivity index (χ3v) is 4.12. The van der Waals surface area contributed by atoms with Gasteiger partial charge in [-0.1, -0.05) is 0 Å². The van der Waals surface area contributed by atoms with Crippen LogP contribution in [0.2, 0.25) is 0 Å². The molecule has 1 heterocycles. The second-order valence-electron chi connectivity index (χ2n) is 4.35. The Morgan fingerprint density at radius 1 is 1.53 bits per heavy atom. The first kappa shape index (κ1) is 12.5. The van der Waals surface area contributed by atoms with Gasteiger partial charge in [-0.3, -0.25) is 4.79 Å². The molecule has 0 spiro atoms. The largest absolute Gasteiger partial charge is 0.481 e. The van der Waals surface area contributed by atoms with Gasteiger partial charge < -0.3 is 15.2 Å². The average molecular weight is 255 g/mol. The average Bonchev–Trinajstić information content (AvgIpc) is 2.63. The van der Waals surface area contributed by atoms with Crippen molar-refractivity contribution in [3.8, 4) is 0 Å². The van der Waals surface area contributed by atoms with E-state index in [1.54, 1.807) is 18.4 Å². The van der Waals surface area contributed by atoms with Gasteiger partial charge in [0.1, 0.15) is 0 Å². The molecule has 94 valence electrons. The molecule has 1 aromatic heterocycles. The number of carboxylic acid groups (broad SMARTS) is 1. The zero-order chi connectivity index (χ0) is 12.3. The van der Waals surface area contributed by atoms with Crippen LogP contribution in [0.1, 0.15) is 22.6 Å². The Kier molecular flexibility index (Phi) is 4.15. The standard InChI is InChI=1S/C12H17NO3S/c1-16-9-4-8(5-9)13-7-11-3-2-10(17-11)6-12(14)15/h2-3,8-9,13H,4-7H2,1H3,(H,14,15). The number of thiophene rings is 1. The van der Waals surface area contributed by atoms with Gasteiger partial charge in [-0.2, -0.15) is 0 Å². The first-order chi connectivity index (χ1) is 8.17. The van der Waals surface area contributed by atoms with E-state index >= 15 is 0 Å². The summed E-state index contributed by atoms with van der Waals surface area (Å²) in [6, 6.07) is 4.45. The lowest BCUT2D eigenvalue weighted by Gasteiger charge is -2.34. The van der Waals surface area contributed by atoms with Gasteiger partial charge in [0.25, 0.3) is 0 Å². The molecule has 0 aromatic carbocycles. The van der Waals surface area contributed by atoms with E-state index in [9.17, 15) is 4.79 Å². The Balaban J connectivity index is 1.72.